The molecule has 0 aromatic heterocycles. The van der Waals surface area contributed by atoms with Crippen LogP contribution in [0.15, 0.2) is 48.5 Å². The van der Waals surface area contributed by atoms with E-state index in [1.54, 1.807) is 12.1 Å². The number of sulfonamides is 1. The molecule has 7 nitrogen and oxygen atoms in total. The van der Waals surface area contributed by atoms with Gasteiger partial charge < -0.3 is 14.9 Å². The molecule has 0 saturated carbocycles. The molecule has 0 unspecified atom stereocenters. The largest absolute Gasteiger partial charge is 0.478 e. The molecule has 1 saturated heterocycles. The summed E-state index contributed by atoms with van der Waals surface area (Å²) in [5.74, 6) is -1.08. The van der Waals surface area contributed by atoms with Crippen LogP contribution in [0.2, 0.25) is 0 Å². The molecular weight excluding hydrogens is 354 g/mol. The second kappa shape index (κ2) is 7.25. The van der Waals surface area contributed by atoms with E-state index < -0.39 is 16.0 Å². The smallest absolute Gasteiger partial charge is 0.337 e. The van der Waals surface area contributed by atoms with E-state index in [0.29, 0.717) is 18.8 Å². The van der Waals surface area contributed by atoms with Crippen molar-refractivity contribution in [3.05, 3.63) is 54.1 Å². The first-order valence-corrected chi connectivity index (χ1v) is 10.1. The van der Waals surface area contributed by atoms with Crippen LogP contribution in [0.4, 0.5) is 17.1 Å². The maximum Gasteiger partial charge on any atom is 0.337 e. The number of nitrogens with zero attached hydrogens (tertiary/aromatic N) is 2. The number of aromatic carboxylic acids is 1. The van der Waals surface area contributed by atoms with Crippen LogP contribution in [0.5, 0.6) is 0 Å². The van der Waals surface area contributed by atoms with E-state index in [1.165, 1.54) is 6.07 Å². The number of rotatable bonds is 5. The highest BCUT2D eigenvalue weighted by atomic mass is 32.2. The van der Waals surface area contributed by atoms with E-state index in [-0.39, 0.29) is 11.3 Å². The molecule has 1 aliphatic rings. The van der Waals surface area contributed by atoms with Crippen LogP contribution in [0, 0.1) is 0 Å². The Bertz CT molecular complexity index is 892. The predicted octanol–water partition coefficient (Wildman–Crippen LogP) is 2.08. The van der Waals surface area contributed by atoms with E-state index in [9.17, 15) is 18.3 Å². The van der Waals surface area contributed by atoms with E-state index in [0.717, 1.165) is 25.0 Å². The molecular formula is C18H21N3O4S. The zero-order valence-electron chi connectivity index (χ0n) is 14.4. The highest BCUT2D eigenvalue weighted by Crippen LogP contribution is 2.27. The van der Waals surface area contributed by atoms with Gasteiger partial charge in [0, 0.05) is 37.6 Å². The van der Waals surface area contributed by atoms with Crippen LogP contribution >= 0.6 is 0 Å². The fraction of sp³-hybridized carbons (Fsp3) is 0.278. The third kappa shape index (κ3) is 4.26. The minimum atomic E-state index is -3.46. The number of nitrogens with one attached hydrogen (secondary N) is 1. The Hall–Kier alpha value is -2.74. The first-order chi connectivity index (χ1) is 12.3. The van der Waals surface area contributed by atoms with Gasteiger partial charge in [-0.2, -0.15) is 0 Å². The summed E-state index contributed by atoms with van der Waals surface area (Å²) >= 11 is 0. The number of carboxylic acid groups (broad SMARTS) is 1. The molecule has 0 radical (unpaired) electrons. The molecule has 1 fully saturated rings. The Kier molecular flexibility index (Phi) is 5.03. The van der Waals surface area contributed by atoms with Gasteiger partial charge in [-0.05, 0) is 30.3 Å². The zero-order valence-corrected chi connectivity index (χ0v) is 15.2. The number of anilines is 3. The standard InChI is InChI=1S/C18H21N3O4S/c1-26(24,25)19-14-7-8-17(16(13-14)18(22)23)21-11-9-20(10-12-21)15-5-3-2-4-6-15/h2-8,13,19H,9-12H2,1H3,(H,22,23). The van der Waals surface area contributed by atoms with Gasteiger partial charge in [0.1, 0.15) is 0 Å². The van der Waals surface area contributed by atoms with Crippen LogP contribution < -0.4 is 14.5 Å². The van der Waals surface area contributed by atoms with Gasteiger partial charge in [-0.25, -0.2) is 13.2 Å². The van der Waals surface area contributed by atoms with Gasteiger partial charge in [-0.3, -0.25) is 4.72 Å². The van der Waals surface area contributed by atoms with Gasteiger partial charge in [0.05, 0.1) is 17.5 Å². The average molecular weight is 375 g/mol. The first kappa shape index (κ1) is 18.1. The molecule has 0 aliphatic carbocycles. The molecule has 0 amide bonds. The van der Waals surface area contributed by atoms with Gasteiger partial charge in [0.25, 0.3) is 0 Å². The van der Waals surface area contributed by atoms with Crippen LogP contribution in [0.3, 0.4) is 0 Å². The third-order valence-corrected chi connectivity index (χ3v) is 4.88. The zero-order chi connectivity index (χ0) is 18.7. The fourth-order valence-electron chi connectivity index (χ4n) is 3.11. The Morgan fingerprint density at radius 2 is 1.62 bits per heavy atom. The van der Waals surface area contributed by atoms with E-state index in [4.69, 9.17) is 0 Å². The van der Waals surface area contributed by atoms with E-state index in [1.807, 2.05) is 23.1 Å². The molecule has 1 heterocycles. The molecule has 0 atom stereocenters. The van der Waals surface area contributed by atoms with Crippen molar-refractivity contribution in [2.24, 2.45) is 0 Å². The highest BCUT2D eigenvalue weighted by molar-refractivity contribution is 7.92. The number of carboxylic acids is 1. The number of piperazine rings is 1. The lowest BCUT2D eigenvalue weighted by atomic mass is 10.1. The summed E-state index contributed by atoms with van der Waals surface area (Å²) in [5, 5.41) is 9.53. The molecule has 1 aliphatic heterocycles. The van der Waals surface area contributed by atoms with Gasteiger partial charge in [0.2, 0.25) is 10.0 Å². The maximum absolute atomic E-state index is 11.7. The van der Waals surface area contributed by atoms with Gasteiger partial charge >= 0.3 is 5.97 Å². The van der Waals surface area contributed by atoms with Crippen molar-refractivity contribution >= 4 is 33.1 Å². The summed E-state index contributed by atoms with van der Waals surface area (Å²) in [5.41, 5.74) is 2.09. The van der Waals surface area contributed by atoms with Crippen molar-refractivity contribution < 1.29 is 18.3 Å². The lowest BCUT2D eigenvalue weighted by molar-refractivity contribution is 0.0697. The van der Waals surface area contributed by atoms with Crippen molar-refractivity contribution in [2.75, 3.05) is 47.0 Å². The molecule has 2 N–H and O–H groups in total. The summed E-state index contributed by atoms with van der Waals surface area (Å²) in [4.78, 5) is 15.9. The number of hydrogen-bond acceptors (Lipinski definition) is 5. The molecule has 138 valence electrons. The summed E-state index contributed by atoms with van der Waals surface area (Å²) in [7, 11) is -3.46. The van der Waals surface area contributed by atoms with Crippen LogP contribution in [0.1, 0.15) is 10.4 Å². The fourth-order valence-corrected chi connectivity index (χ4v) is 3.66. The van der Waals surface area contributed by atoms with Crippen molar-refractivity contribution in [1.29, 1.82) is 0 Å². The number of benzene rings is 2. The first-order valence-electron chi connectivity index (χ1n) is 8.23. The minimum absolute atomic E-state index is 0.0896. The molecule has 0 spiro atoms. The average Bonchev–Trinajstić information content (AvgIpc) is 2.61. The van der Waals surface area contributed by atoms with E-state index in [2.05, 4.69) is 21.8 Å². The number of carbonyl (C=O) groups is 1. The van der Waals surface area contributed by atoms with Crippen molar-refractivity contribution in [3.8, 4) is 0 Å². The summed E-state index contributed by atoms with van der Waals surface area (Å²) in [6.45, 7) is 2.95. The van der Waals surface area contributed by atoms with Gasteiger partial charge in [-0.1, -0.05) is 18.2 Å². The Labute approximate surface area is 152 Å². The Morgan fingerprint density at radius 3 is 2.19 bits per heavy atom. The van der Waals surface area contributed by atoms with Crippen molar-refractivity contribution in [2.45, 2.75) is 0 Å². The predicted molar refractivity (Wildman–Crippen MR) is 103 cm³/mol. The molecule has 26 heavy (non-hydrogen) atoms. The second-order valence-corrected chi connectivity index (χ2v) is 7.97. The Balaban J connectivity index is 1.78. The van der Waals surface area contributed by atoms with Gasteiger partial charge in [-0.15, -0.1) is 0 Å². The number of para-hydroxylation sites is 1. The highest BCUT2D eigenvalue weighted by Gasteiger charge is 2.22. The van der Waals surface area contributed by atoms with Crippen molar-refractivity contribution in [3.63, 3.8) is 0 Å². The molecule has 2 aromatic rings. The van der Waals surface area contributed by atoms with Crippen LogP contribution in [-0.4, -0.2) is 51.9 Å². The quantitative estimate of drug-likeness (QED) is 0.832. The molecule has 0 bridgehead atoms. The summed E-state index contributed by atoms with van der Waals surface area (Å²) in [6.07, 6.45) is 1.03. The summed E-state index contributed by atoms with van der Waals surface area (Å²) in [6, 6.07) is 14.7. The van der Waals surface area contributed by atoms with Gasteiger partial charge in [0.15, 0.2) is 0 Å². The SMILES string of the molecule is CS(=O)(=O)Nc1ccc(N2CCN(c3ccccc3)CC2)c(C(=O)O)c1. The van der Waals surface area contributed by atoms with E-state index >= 15 is 0 Å². The lowest BCUT2D eigenvalue weighted by Crippen LogP contribution is -2.47. The maximum atomic E-state index is 11.7. The topological polar surface area (TPSA) is 90.0 Å². The molecule has 3 rings (SSSR count). The monoisotopic (exact) mass is 375 g/mol. The second-order valence-electron chi connectivity index (χ2n) is 6.22. The Morgan fingerprint density at radius 1 is 1.00 bits per heavy atom. The van der Waals surface area contributed by atoms with Crippen molar-refractivity contribution in [1.82, 2.24) is 0 Å². The minimum Gasteiger partial charge on any atom is -0.478 e. The number of hydrogen-bond donors (Lipinski definition) is 2. The normalized spacial score (nSPS) is 15.0. The third-order valence-electron chi connectivity index (χ3n) is 4.27. The summed E-state index contributed by atoms with van der Waals surface area (Å²) < 4.78 is 25.0. The van der Waals surface area contributed by atoms with Crippen LogP contribution in [-0.2, 0) is 10.0 Å². The lowest BCUT2D eigenvalue weighted by Gasteiger charge is -2.38. The van der Waals surface area contributed by atoms with Crippen LogP contribution in [0.25, 0.3) is 0 Å². The molecule has 8 heteroatoms. The molecule has 2 aromatic carbocycles.